The fraction of sp³-hybridized carbons (Fsp3) is 0.688. The maximum absolute atomic E-state index is 12.3. The Balaban J connectivity index is 2.09. The van der Waals surface area contributed by atoms with Crippen molar-refractivity contribution in [1.29, 1.82) is 0 Å². The van der Waals surface area contributed by atoms with Gasteiger partial charge >= 0.3 is 5.97 Å². The van der Waals surface area contributed by atoms with E-state index in [1.54, 1.807) is 6.20 Å². The van der Waals surface area contributed by atoms with Gasteiger partial charge in [0.2, 0.25) is 0 Å². The first kappa shape index (κ1) is 19.9. The number of esters is 1. The number of aliphatic hydroxyl groups is 1. The number of nitrogens with zero attached hydrogens (tertiary/aromatic N) is 1. The van der Waals surface area contributed by atoms with Crippen molar-refractivity contribution in [2.45, 2.75) is 38.3 Å². The predicted octanol–water partition coefficient (Wildman–Crippen LogP) is -0.159. The van der Waals surface area contributed by atoms with E-state index in [-0.39, 0.29) is 13.2 Å². The smallest absolute Gasteiger partial charge is 0.350 e. The van der Waals surface area contributed by atoms with Crippen LogP contribution < -0.4 is 0 Å². The Hall–Kier alpha value is -1.42. The van der Waals surface area contributed by atoms with Crippen LogP contribution in [0, 0.1) is 0 Å². The van der Waals surface area contributed by atoms with Crippen molar-refractivity contribution in [3.63, 3.8) is 0 Å². The molecule has 2 rings (SSSR count). The Kier molecular flexibility index (Phi) is 6.61. The molecule has 0 radical (unpaired) electrons. The molecule has 0 aliphatic carbocycles. The third kappa shape index (κ3) is 4.81. The van der Waals surface area contributed by atoms with E-state index in [0.29, 0.717) is 0 Å². The average molecular weight is 375 g/mol. The highest BCUT2D eigenvalue weighted by Gasteiger charge is 2.49. The van der Waals surface area contributed by atoms with Gasteiger partial charge in [0.25, 0.3) is 0 Å². The first-order valence-electron chi connectivity index (χ1n) is 8.22. The maximum atomic E-state index is 12.3. The van der Waals surface area contributed by atoms with E-state index in [2.05, 4.69) is 0 Å². The molecule has 2 aliphatic heterocycles. The Morgan fingerprint density at radius 3 is 2.48 bits per heavy atom. The van der Waals surface area contributed by atoms with Crippen molar-refractivity contribution in [2.75, 3.05) is 32.6 Å². The monoisotopic (exact) mass is 375 g/mol. The molecule has 2 aliphatic rings. The van der Waals surface area contributed by atoms with Crippen LogP contribution >= 0.6 is 0 Å². The summed E-state index contributed by atoms with van der Waals surface area (Å²) in [6.45, 7) is 5.63. The number of ether oxygens (including phenoxy) is 3. The number of carbonyl (C=O) groups excluding carboxylic acids is 1. The lowest BCUT2D eigenvalue weighted by Crippen LogP contribution is -2.35. The molecule has 0 saturated carbocycles. The SMILES string of the molecule is CCN(C=CC=C(C(=O)OC1COC2C(O)COC12)S(C)(=O)=O)CC. The summed E-state index contributed by atoms with van der Waals surface area (Å²) in [6, 6.07) is 0. The summed E-state index contributed by atoms with van der Waals surface area (Å²) < 4.78 is 39.9. The molecular formula is C16H25NO7S. The molecule has 0 aromatic rings. The number of carbonyl (C=O) groups is 1. The van der Waals surface area contributed by atoms with Crippen molar-refractivity contribution >= 4 is 15.8 Å². The standard InChI is InChI=1S/C16H25NO7S/c1-4-17(5-2)8-6-7-13(25(3,20)21)16(19)24-12-10-23-14-11(18)9-22-15(12)14/h6-8,11-12,14-15,18H,4-5,9-10H2,1-3H3. The van der Waals surface area contributed by atoms with Crippen LogP contribution in [0.2, 0.25) is 0 Å². The van der Waals surface area contributed by atoms with E-state index in [9.17, 15) is 18.3 Å². The number of allylic oxidation sites excluding steroid dienone is 2. The van der Waals surface area contributed by atoms with Gasteiger partial charge in [-0.1, -0.05) is 0 Å². The van der Waals surface area contributed by atoms with Gasteiger partial charge in [0, 0.05) is 19.3 Å². The van der Waals surface area contributed by atoms with Gasteiger partial charge in [0.1, 0.15) is 18.3 Å². The fourth-order valence-electron chi connectivity index (χ4n) is 2.77. The first-order chi connectivity index (χ1) is 11.8. The van der Waals surface area contributed by atoms with Crippen molar-refractivity contribution in [3.05, 3.63) is 23.3 Å². The molecule has 2 heterocycles. The minimum absolute atomic E-state index is 0.0600. The molecule has 0 amide bonds. The third-order valence-electron chi connectivity index (χ3n) is 4.20. The van der Waals surface area contributed by atoms with Gasteiger partial charge in [0.15, 0.2) is 20.8 Å². The van der Waals surface area contributed by atoms with Gasteiger partial charge in [-0.2, -0.15) is 0 Å². The van der Waals surface area contributed by atoms with Gasteiger partial charge in [-0.05, 0) is 32.2 Å². The molecule has 0 aromatic heterocycles. The number of hydrogen-bond donors (Lipinski definition) is 1. The molecule has 0 aromatic carbocycles. The second kappa shape index (κ2) is 8.31. The first-order valence-corrected chi connectivity index (χ1v) is 10.1. The van der Waals surface area contributed by atoms with E-state index in [4.69, 9.17) is 14.2 Å². The second-order valence-corrected chi connectivity index (χ2v) is 7.96. The van der Waals surface area contributed by atoms with E-state index in [1.165, 1.54) is 12.2 Å². The molecule has 2 saturated heterocycles. The molecule has 4 unspecified atom stereocenters. The molecule has 4 atom stereocenters. The van der Waals surface area contributed by atoms with Crippen LogP contribution in [-0.4, -0.2) is 81.4 Å². The van der Waals surface area contributed by atoms with E-state index < -0.39 is 45.1 Å². The lowest BCUT2D eigenvalue weighted by Gasteiger charge is -2.17. The molecule has 9 heteroatoms. The number of fused-ring (bicyclic) bond motifs is 1. The molecule has 25 heavy (non-hydrogen) atoms. The maximum Gasteiger partial charge on any atom is 0.350 e. The molecule has 2 fully saturated rings. The van der Waals surface area contributed by atoms with Crippen LogP contribution in [0.25, 0.3) is 0 Å². The van der Waals surface area contributed by atoms with E-state index >= 15 is 0 Å². The Bertz CT molecular complexity index is 639. The molecule has 8 nitrogen and oxygen atoms in total. The fourth-order valence-corrected chi connectivity index (χ4v) is 3.45. The normalized spacial score (nSPS) is 29.8. The van der Waals surface area contributed by atoms with Crippen LogP contribution in [0.4, 0.5) is 0 Å². The number of sulfone groups is 1. The van der Waals surface area contributed by atoms with Crippen LogP contribution in [0.3, 0.4) is 0 Å². The van der Waals surface area contributed by atoms with Gasteiger partial charge in [-0.3, -0.25) is 0 Å². The highest BCUT2D eigenvalue weighted by Crippen LogP contribution is 2.29. The van der Waals surface area contributed by atoms with Crippen molar-refractivity contribution in [1.82, 2.24) is 4.90 Å². The highest BCUT2D eigenvalue weighted by atomic mass is 32.2. The largest absolute Gasteiger partial charge is 0.453 e. The van der Waals surface area contributed by atoms with Gasteiger partial charge in [-0.15, -0.1) is 0 Å². The Morgan fingerprint density at radius 2 is 1.88 bits per heavy atom. The lowest BCUT2D eigenvalue weighted by atomic mass is 10.1. The summed E-state index contributed by atoms with van der Waals surface area (Å²) in [4.78, 5) is 13.9. The van der Waals surface area contributed by atoms with Crippen LogP contribution in [0.5, 0.6) is 0 Å². The number of hydrogen-bond acceptors (Lipinski definition) is 8. The summed E-state index contributed by atoms with van der Waals surface area (Å²) in [7, 11) is -3.76. The molecule has 1 N–H and O–H groups in total. The highest BCUT2D eigenvalue weighted by molar-refractivity contribution is 7.95. The topological polar surface area (TPSA) is 102 Å². The Morgan fingerprint density at radius 1 is 1.24 bits per heavy atom. The summed E-state index contributed by atoms with van der Waals surface area (Å²) in [6.07, 6.45) is 2.76. The summed E-state index contributed by atoms with van der Waals surface area (Å²) in [5.74, 6) is -0.953. The average Bonchev–Trinajstić information content (AvgIpc) is 3.10. The van der Waals surface area contributed by atoms with Crippen molar-refractivity contribution in [2.24, 2.45) is 0 Å². The van der Waals surface area contributed by atoms with Crippen LogP contribution in [0.15, 0.2) is 23.3 Å². The zero-order valence-corrected chi connectivity index (χ0v) is 15.4. The Labute approximate surface area is 148 Å². The van der Waals surface area contributed by atoms with Crippen LogP contribution in [0.1, 0.15) is 13.8 Å². The molecule has 0 spiro atoms. The summed E-state index contributed by atoms with van der Waals surface area (Å²) in [5, 5.41) is 9.69. The van der Waals surface area contributed by atoms with E-state index in [1.807, 2.05) is 18.7 Å². The number of aliphatic hydroxyl groups excluding tert-OH is 1. The van der Waals surface area contributed by atoms with E-state index in [0.717, 1.165) is 19.3 Å². The lowest BCUT2D eigenvalue weighted by molar-refractivity contribution is -0.148. The van der Waals surface area contributed by atoms with Crippen molar-refractivity contribution < 1.29 is 32.5 Å². The summed E-state index contributed by atoms with van der Waals surface area (Å²) in [5.41, 5.74) is 0. The molecule has 0 bridgehead atoms. The quantitative estimate of drug-likeness (QED) is 0.372. The molecular weight excluding hydrogens is 350 g/mol. The second-order valence-electron chi connectivity index (χ2n) is 5.97. The van der Waals surface area contributed by atoms with Crippen molar-refractivity contribution in [3.8, 4) is 0 Å². The predicted molar refractivity (Wildman–Crippen MR) is 90.4 cm³/mol. The zero-order valence-electron chi connectivity index (χ0n) is 14.6. The van der Waals surface area contributed by atoms with Gasteiger partial charge in [-0.25, -0.2) is 13.2 Å². The number of rotatable bonds is 7. The third-order valence-corrected chi connectivity index (χ3v) is 5.30. The van der Waals surface area contributed by atoms with Crippen LogP contribution in [-0.2, 0) is 28.8 Å². The zero-order chi connectivity index (χ0) is 18.6. The summed E-state index contributed by atoms with van der Waals surface area (Å²) >= 11 is 0. The minimum atomic E-state index is -3.76. The minimum Gasteiger partial charge on any atom is -0.453 e. The van der Waals surface area contributed by atoms with Gasteiger partial charge in [0.05, 0.1) is 13.2 Å². The molecule has 142 valence electrons. The van der Waals surface area contributed by atoms with Gasteiger partial charge < -0.3 is 24.2 Å².